The predicted octanol–water partition coefficient (Wildman–Crippen LogP) is 2.93. The molecular formula is C20H18FN3O4S. The third-order valence-electron chi connectivity index (χ3n) is 3.91. The van der Waals surface area contributed by atoms with Gasteiger partial charge in [-0.15, -0.1) is 0 Å². The lowest BCUT2D eigenvalue weighted by molar-refractivity contribution is -0.121. The van der Waals surface area contributed by atoms with Crippen molar-refractivity contribution in [1.29, 1.82) is 0 Å². The van der Waals surface area contributed by atoms with Gasteiger partial charge in [-0.25, -0.2) is 9.38 Å². The maximum absolute atomic E-state index is 13.1. The molecule has 0 aromatic heterocycles. The Morgan fingerprint density at radius 3 is 2.62 bits per heavy atom. The Kier molecular flexibility index (Phi) is 6.18. The van der Waals surface area contributed by atoms with Gasteiger partial charge in [0.15, 0.2) is 23.3 Å². The van der Waals surface area contributed by atoms with Gasteiger partial charge in [-0.1, -0.05) is 6.07 Å². The van der Waals surface area contributed by atoms with Crippen LogP contribution in [0, 0.1) is 5.82 Å². The monoisotopic (exact) mass is 415 g/mol. The van der Waals surface area contributed by atoms with Gasteiger partial charge in [-0.2, -0.15) is 0 Å². The minimum atomic E-state index is -0.595. The average Bonchev–Trinajstić information content (AvgIpc) is 2.96. The third kappa shape index (κ3) is 4.94. The Balaban J connectivity index is 1.83. The third-order valence-corrected chi connectivity index (χ3v) is 4.97. The average molecular weight is 415 g/mol. The van der Waals surface area contributed by atoms with Crippen molar-refractivity contribution in [2.45, 2.75) is 0 Å². The van der Waals surface area contributed by atoms with Crippen molar-refractivity contribution in [3.05, 3.63) is 58.8 Å². The number of hydrogen-bond donors (Lipinski definition) is 1. The van der Waals surface area contributed by atoms with Crippen molar-refractivity contribution in [2.75, 3.05) is 20.8 Å². The number of carbonyl (C=O) groups is 2. The van der Waals surface area contributed by atoms with Crippen molar-refractivity contribution < 1.29 is 23.5 Å². The molecule has 0 atom stereocenters. The highest BCUT2D eigenvalue weighted by Crippen LogP contribution is 2.35. The summed E-state index contributed by atoms with van der Waals surface area (Å²) in [6.45, 7) is -0.265. The minimum Gasteiger partial charge on any atom is -0.493 e. The number of carbonyl (C=O) groups excluding carboxylic acids is 2. The van der Waals surface area contributed by atoms with Crippen molar-refractivity contribution in [3.63, 3.8) is 0 Å². The van der Waals surface area contributed by atoms with Gasteiger partial charge in [0.1, 0.15) is 5.82 Å². The van der Waals surface area contributed by atoms with E-state index in [2.05, 4.69) is 4.99 Å². The first-order chi connectivity index (χ1) is 13.9. The Morgan fingerprint density at radius 2 is 1.97 bits per heavy atom. The number of methoxy groups -OCH3 is 1. The number of amidine groups is 1. The molecule has 0 spiro atoms. The van der Waals surface area contributed by atoms with Crippen molar-refractivity contribution in [3.8, 4) is 11.5 Å². The van der Waals surface area contributed by atoms with Gasteiger partial charge >= 0.3 is 0 Å². The van der Waals surface area contributed by atoms with Crippen LogP contribution in [0.15, 0.2) is 52.4 Å². The summed E-state index contributed by atoms with van der Waals surface area (Å²) >= 11 is 1.21. The highest BCUT2D eigenvalue weighted by molar-refractivity contribution is 8.18. The van der Waals surface area contributed by atoms with E-state index < -0.39 is 5.91 Å². The standard InChI is InChI=1S/C20H18FN3O4S/c1-24-19(26)17(29-20(24)23-14-6-4-13(21)5-7-14)10-12-3-8-15(16(9-12)27-2)28-11-18(22)25/h3-10H,11H2,1-2H3,(H2,22,25)/b17-10+,23-20?. The largest absolute Gasteiger partial charge is 0.493 e. The van der Waals surface area contributed by atoms with Gasteiger partial charge in [-0.3, -0.25) is 14.5 Å². The fourth-order valence-electron chi connectivity index (χ4n) is 2.47. The first-order valence-corrected chi connectivity index (χ1v) is 9.30. The minimum absolute atomic E-state index is 0.205. The molecule has 0 aliphatic carbocycles. The maximum Gasteiger partial charge on any atom is 0.266 e. The van der Waals surface area contributed by atoms with Gasteiger partial charge in [0.25, 0.3) is 11.8 Å². The summed E-state index contributed by atoms with van der Waals surface area (Å²) in [4.78, 5) is 29.7. The second-order valence-electron chi connectivity index (χ2n) is 6.01. The Bertz CT molecular complexity index is 1010. The van der Waals surface area contributed by atoms with Crippen molar-refractivity contribution >= 4 is 40.5 Å². The van der Waals surface area contributed by atoms with Crippen molar-refractivity contribution in [2.24, 2.45) is 10.7 Å². The smallest absolute Gasteiger partial charge is 0.266 e. The summed E-state index contributed by atoms with van der Waals surface area (Å²) in [5.41, 5.74) is 6.34. The second-order valence-corrected chi connectivity index (χ2v) is 7.02. The number of likely N-dealkylation sites (N-methyl/N-ethyl adjacent to an activating group) is 1. The van der Waals surface area contributed by atoms with Crippen LogP contribution in [0.4, 0.5) is 10.1 Å². The highest BCUT2D eigenvalue weighted by Gasteiger charge is 2.30. The van der Waals surface area contributed by atoms with E-state index in [1.165, 1.54) is 35.9 Å². The van der Waals surface area contributed by atoms with E-state index in [1.54, 1.807) is 43.5 Å². The number of rotatable bonds is 6. The molecule has 2 N–H and O–H groups in total. The van der Waals surface area contributed by atoms with Gasteiger partial charge in [0.05, 0.1) is 17.7 Å². The van der Waals surface area contributed by atoms with E-state index in [4.69, 9.17) is 15.2 Å². The number of nitrogens with zero attached hydrogens (tertiary/aromatic N) is 2. The molecule has 0 radical (unpaired) electrons. The van der Waals surface area contributed by atoms with E-state index >= 15 is 0 Å². The predicted molar refractivity (Wildman–Crippen MR) is 110 cm³/mol. The summed E-state index contributed by atoms with van der Waals surface area (Å²) < 4.78 is 23.6. The fourth-order valence-corrected chi connectivity index (χ4v) is 3.46. The van der Waals surface area contributed by atoms with E-state index in [0.717, 1.165) is 0 Å². The molecule has 2 aromatic carbocycles. The molecule has 1 saturated heterocycles. The molecule has 1 fully saturated rings. The van der Waals surface area contributed by atoms with Crippen LogP contribution in [-0.4, -0.2) is 42.6 Å². The normalized spacial score (nSPS) is 16.5. The molecule has 7 nitrogen and oxygen atoms in total. The summed E-state index contributed by atoms with van der Waals surface area (Å²) in [5.74, 6) is -0.375. The molecule has 1 aliphatic heterocycles. The van der Waals surface area contributed by atoms with Crippen molar-refractivity contribution in [1.82, 2.24) is 4.90 Å². The lowest BCUT2D eigenvalue weighted by atomic mass is 10.2. The van der Waals surface area contributed by atoms with Crippen LogP contribution in [-0.2, 0) is 9.59 Å². The van der Waals surface area contributed by atoms with E-state index in [9.17, 15) is 14.0 Å². The lowest BCUT2D eigenvalue weighted by Crippen LogP contribution is -2.23. The van der Waals surface area contributed by atoms with Crippen LogP contribution in [0.1, 0.15) is 5.56 Å². The number of thioether (sulfide) groups is 1. The number of nitrogens with two attached hydrogens (primary N) is 1. The lowest BCUT2D eigenvalue weighted by Gasteiger charge is -2.10. The number of halogens is 1. The molecule has 1 heterocycles. The molecule has 2 aromatic rings. The van der Waals surface area contributed by atoms with Crippen LogP contribution in [0.5, 0.6) is 11.5 Å². The van der Waals surface area contributed by atoms with E-state index in [-0.39, 0.29) is 18.3 Å². The van der Waals surface area contributed by atoms with Crippen LogP contribution in [0.25, 0.3) is 6.08 Å². The Morgan fingerprint density at radius 1 is 1.24 bits per heavy atom. The number of aliphatic imine (C=N–C) groups is 1. The maximum atomic E-state index is 13.1. The fraction of sp³-hybridized carbons (Fsp3) is 0.150. The summed E-state index contributed by atoms with van der Waals surface area (Å²) in [5, 5.41) is 0.487. The Hall–Kier alpha value is -3.33. The number of hydrogen-bond acceptors (Lipinski definition) is 6. The summed E-state index contributed by atoms with van der Waals surface area (Å²) in [6.07, 6.45) is 1.71. The second kappa shape index (κ2) is 8.78. The first kappa shape index (κ1) is 20.4. The summed E-state index contributed by atoms with van der Waals surface area (Å²) in [7, 11) is 3.10. The van der Waals surface area contributed by atoms with Crippen LogP contribution in [0.3, 0.4) is 0 Å². The van der Waals surface area contributed by atoms with Gasteiger partial charge in [0, 0.05) is 7.05 Å². The van der Waals surface area contributed by atoms with Crippen LogP contribution < -0.4 is 15.2 Å². The molecule has 1 aliphatic rings. The molecule has 2 amide bonds. The molecule has 0 bridgehead atoms. The topological polar surface area (TPSA) is 94.2 Å². The van der Waals surface area contributed by atoms with Crippen LogP contribution >= 0.6 is 11.8 Å². The SMILES string of the molecule is COc1cc(/C=C2/SC(=Nc3ccc(F)cc3)N(C)C2=O)ccc1OCC(N)=O. The molecule has 29 heavy (non-hydrogen) atoms. The van der Waals surface area contributed by atoms with Crippen LogP contribution in [0.2, 0.25) is 0 Å². The molecule has 3 rings (SSSR count). The number of ether oxygens (including phenoxy) is 2. The van der Waals surface area contributed by atoms with E-state index in [1.807, 2.05) is 0 Å². The molecular weight excluding hydrogens is 397 g/mol. The van der Waals surface area contributed by atoms with Gasteiger partial charge in [0.2, 0.25) is 0 Å². The van der Waals surface area contributed by atoms with Gasteiger partial charge < -0.3 is 15.2 Å². The highest BCUT2D eigenvalue weighted by atomic mass is 32.2. The Labute approximate surface area is 171 Å². The number of amides is 2. The quantitative estimate of drug-likeness (QED) is 0.732. The zero-order chi connectivity index (χ0) is 21.0. The first-order valence-electron chi connectivity index (χ1n) is 8.48. The molecule has 9 heteroatoms. The number of benzene rings is 2. The zero-order valence-electron chi connectivity index (χ0n) is 15.7. The zero-order valence-corrected chi connectivity index (χ0v) is 16.5. The number of primary amides is 1. The molecule has 0 saturated carbocycles. The molecule has 0 unspecified atom stereocenters. The van der Waals surface area contributed by atoms with Gasteiger partial charge in [-0.05, 0) is 59.8 Å². The molecule has 150 valence electrons. The summed E-state index contributed by atoms with van der Waals surface area (Å²) in [6, 6.07) is 10.8. The van der Waals surface area contributed by atoms with E-state index in [0.29, 0.717) is 32.8 Å².